The van der Waals surface area contributed by atoms with Gasteiger partial charge in [0.25, 0.3) is 0 Å². The van der Waals surface area contributed by atoms with Crippen molar-refractivity contribution in [2.75, 3.05) is 0 Å². The summed E-state index contributed by atoms with van der Waals surface area (Å²) in [5.41, 5.74) is 1.27. The second kappa shape index (κ2) is 5.49. The molecule has 5 saturated carbocycles. The zero-order chi connectivity index (χ0) is 16.4. The van der Waals surface area contributed by atoms with Gasteiger partial charge in [0.2, 0.25) is 0 Å². The predicted molar refractivity (Wildman–Crippen MR) is 97.1 cm³/mol. The van der Waals surface area contributed by atoms with Gasteiger partial charge in [-0.3, -0.25) is 0 Å². The summed E-state index contributed by atoms with van der Waals surface area (Å²) in [5.74, 6) is 5.41. The van der Waals surface area contributed by atoms with Gasteiger partial charge in [0.05, 0.1) is 6.07 Å². The van der Waals surface area contributed by atoms with Crippen molar-refractivity contribution in [1.29, 1.82) is 5.26 Å². The van der Waals surface area contributed by atoms with Gasteiger partial charge in [-0.05, 0) is 111 Å². The van der Waals surface area contributed by atoms with Gasteiger partial charge < -0.3 is 0 Å². The second-order valence-electron chi connectivity index (χ2n) is 10.6. The number of nitriles is 1. The fraction of sp³-hybridized carbons (Fsp3) is 0.957. The Kier molecular flexibility index (Phi) is 3.60. The summed E-state index contributed by atoms with van der Waals surface area (Å²) in [6.07, 6.45) is 18.9. The summed E-state index contributed by atoms with van der Waals surface area (Å²) in [6.45, 7) is 2.69. The van der Waals surface area contributed by atoms with Crippen molar-refractivity contribution in [1.82, 2.24) is 0 Å². The van der Waals surface area contributed by atoms with E-state index >= 15 is 0 Å². The molecule has 0 N–H and O–H groups in total. The molecular formula is C23H35N. The van der Waals surface area contributed by atoms with E-state index in [2.05, 4.69) is 13.0 Å². The molecule has 5 aliphatic carbocycles. The topological polar surface area (TPSA) is 23.8 Å². The van der Waals surface area contributed by atoms with E-state index in [4.69, 9.17) is 0 Å². The zero-order valence-electron chi connectivity index (χ0n) is 15.6. The Balaban J connectivity index is 1.46. The fourth-order valence-electron chi connectivity index (χ4n) is 9.14. The molecule has 0 aliphatic heterocycles. The second-order valence-corrected chi connectivity index (χ2v) is 10.6. The lowest BCUT2D eigenvalue weighted by Crippen LogP contribution is -2.54. The van der Waals surface area contributed by atoms with Gasteiger partial charge in [0.15, 0.2) is 0 Å². The molecule has 0 aromatic rings. The first-order valence-corrected chi connectivity index (χ1v) is 11.1. The van der Waals surface area contributed by atoms with E-state index < -0.39 is 0 Å². The molecule has 0 heterocycles. The number of hydrogen-bond acceptors (Lipinski definition) is 1. The fourth-order valence-corrected chi connectivity index (χ4v) is 9.14. The highest BCUT2D eigenvalue weighted by Crippen LogP contribution is 2.70. The van der Waals surface area contributed by atoms with E-state index in [0.29, 0.717) is 16.7 Å². The number of fused-ring (bicyclic) bond motifs is 4. The molecule has 8 atom stereocenters. The first-order valence-electron chi connectivity index (χ1n) is 11.1. The average molecular weight is 326 g/mol. The molecule has 0 aromatic carbocycles. The van der Waals surface area contributed by atoms with Crippen LogP contribution in [-0.4, -0.2) is 0 Å². The number of nitrogens with zero attached hydrogens (tertiary/aromatic N) is 1. The molecule has 5 fully saturated rings. The highest BCUT2D eigenvalue weighted by atomic mass is 14.7. The van der Waals surface area contributed by atoms with E-state index in [1.54, 1.807) is 0 Å². The molecule has 1 nitrogen and oxygen atoms in total. The average Bonchev–Trinajstić information content (AvgIpc) is 2.99. The normalized spacial score (nSPS) is 56.3. The maximum atomic E-state index is 9.58. The molecule has 24 heavy (non-hydrogen) atoms. The van der Waals surface area contributed by atoms with Crippen LogP contribution in [0.25, 0.3) is 0 Å². The Labute approximate surface area is 148 Å². The van der Waals surface area contributed by atoms with Gasteiger partial charge in [0.1, 0.15) is 0 Å². The third-order valence-electron chi connectivity index (χ3n) is 10.2. The quantitative estimate of drug-likeness (QED) is 0.510. The minimum Gasteiger partial charge on any atom is -0.198 e. The van der Waals surface area contributed by atoms with Crippen LogP contribution in [0.4, 0.5) is 0 Å². The maximum Gasteiger partial charge on any atom is 0.0656 e. The van der Waals surface area contributed by atoms with E-state index in [0.717, 1.165) is 29.6 Å². The summed E-state index contributed by atoms with van der Waals surface area (Å²) in [7, 11) is 0. The highest BCUT2D eigenvalue weighted by molar-refractivity contribution is 5.12. The summed E-state index contributed by atoms with van der Waals surface area (Å²) < 4.78 is 0. The van der Waals surface area contributed by atoms with Crippen LogP contribution in [0.5, 0.6) is 0 Å². The van der Waals surface area contributed by atoms with Crippen molar-refractivity contribution in [3.8, 4) is 6.07 Å². The Morgan fingerprint density at radius 3 is 2.50 bits per heavy atom. The van der Waals surface area contributed by atoms with Crippen LogP contribution >= 0.6 is 0 Å². The SMILES string of the molecule is CC12CCCCC1CCC1C2CC[C@]23CC(C#N)CCC2CCC13. The van der Waals surface area contributed by atoms with Crippen LogP contribution in [0.15, 0.2) is 0 Å². The zero-order valence-corrected chi connectivity index (χ0v) is 15.6. The summed E-state index contributed by atoms with van der Waals surface area (Å²) >= 11 is 0. The summed E-state index contributed by atoms with van der Waals surface area (Å²) in [6, 6.07) is 2.67. The third kappa shape index (κ3) is 1.98. The number of hydrogen-bond donors (Lipinski definition) is 0. The molecule has 0 bridgehead atoms. The molecule has 7 unspecified atom stereocenters. The molecule has 5 aliphatic rings. The van der Waals surface area contributed by atoms with Crippen LogP contribution in [0.2, 0.25) is 0 Å². The summed E-state index contributed by atoms with van der Waals surface area (Å²) in [4.78, 5) is 0. The van der Waals surface area contributed by atoms with Crippen molar-refractivity contribution in [3.05, 3.63) is 0 Å². The van der Waals surface area contributed by atoms with Crippen molar-refractivity contribution in [2.45, 2.75) is 90.4 Å². The standard InChI is InChI=1S/C23H35N/c1-22-12-3-2-4-17(22)7-9-19-20(22)11-13-23-14-16(15-24)5-6-18(23)8-10-21(19)23/h16-21H,2-14H2,1H3/t16?,17?,18?,19?,20?,21?,22?,23-/m0/s1. The van der Waals surface area contributed by atoms with Crippen molar-refractivity contribution in [3.63, 3.8) is 0 Å². The predicted octanol–water partition coefficient (Wildman–Crippen LogP) is 6.34. The van der Waals surface area contributed by atoms with E-state index in [1.807, 2.05) is 0 Å². The first kappa shape index (κ1) is 15.7. The van der Waals surface area contributed by atoms with Crippen LogP contribution in [0.1, 0.15) is 90.4 Å². The minimum atomic E-state index is 0.375. The Hall–Kier alpha value is -0.510. The van der Waals surface area contributed by atoms with Crippen LogP contribution in [-0.2, 0) is 0 Å². The van der Waals surface area contributed by atoms with Crippen molar-refractivity contribution in [2.24, 2.45) is 46.3 Å². The van der Waals surface area contributed by atoms with Gasteiger partial charge in [-0.25, -0.2) is 0 Å². The van der Waals surface area contributed by atoms with Crippen molar-refractivity contribution < 1.29 is 0 Å². The lowest BCUT2D eigenvalue weighted by Gasteiger charge is -2.62. The van der Waals surface area contributed by atoms with E-state index in [1.165, 1.54) is 83.5 Å². The third-order valence-corrected chi connectivity index (χ3v) is 10.2. The maximum absolute atomic E-state index is 9.58. The molecule has 132 valence electrons. The van der Waals surface area contributed by atoms with Gasteiger partial charge in [-0.2, -0.15) is 5.26 Å². The van der Waals surface area contributed by atoms with Crippen LogP contribution in [0, 0.1) is 57.7 Å². The molecule has 0 amide bonds. The lowest BCUT2D eigenvalue weighted by molar-refractivity contribution is -0.126. The lowest BCUT2D eigenvalue weighted by atomic mass is 9.43. The van der Waals surface area contributed by atoms with Crippen LogP contribution in [0.3, 0.4) is 0 Å². The van der Waals surface area contributed by atoms with Crippen LogP contribution < -0.4 is 0 Å². The first-order chi connectivity index (χ1) is 11.7. The smallest absolute Gasteiger partial charge is 0.0656 e. The molecular weight excluding hydrogens is 290 g/mol. The molecule has 1 heteroatoms. The molecule has 0 aromatic heterocycles. The van der Waals surface area contributed by atoms with E-state index in [9.17, 15) is 5.26 Å². The van der Waals surface area contributed by atoms with Gasteiger partial charge in [-0.1, -0.05) is 19.8 Å². The molecule has 5 rings (SSSR count). The molecule has 0 radical (unpaired) electrons. The molecule has 1 spiro atoms. The van der Waals surface area contributed by atoms with Crippen molar-refractivity contribution >= 4 is 0 Å². The molecule has 0 saturated heterocycles. The van der Waals surface area contributed by atoms with Gasteiger partial charge >= 0.3 is 0 Å². The Morgan fingerprint density at radius 2 is 1.62 bits per heavy atom. The largest absolute Gasteiger partial charge is 0.198 e. The van der Waals surface area contributed by atoms with Gasteiger partial charge in [-0.15, -0.1) is 0 Å². The Bertz CT molecular complexity index is 547. The monoisotopic (exact) mass is 325 g/mol. The highest BCUT2D eigenvalue weighted by Gasteiger charge is 2.62. The number of rotatable bonds is 0. The minimum absolute atomic E-state index is 0.375. The van der Waals surface area contributed by atoms with Gasteiger partial charge in [0, 0.05) is 5.92 Å². The Morgan fingerprint density at radius 1 is 0.792 bits per heavy atom. The van der Waals surface area contributed by atoms with E-state index in [-0.39, 0.29) is 0 Å². The summed E-state index contributed by atoms with van der Waals surface area (Å²) in [5, 5.41) is 9.58.